The molecule has 0 radical (unpaired) electrons. The van der Waals surface area contributed by atoms with Crippen LogP contribution in [0.15, 0.2) is 0 Å². The topological polar surface area (TPSA) is 37.8 Å². The van der Waals surface area contributed by atoms with Gasteiger partial charge < -0.3 is 5.32 Å². The summed E-state index contributed by atoms with van der Waals surface area (Å²) in [5.41, 5.74) is 3.74. The van der Waals surface area contributed by atoms with E-state index in [1.165, 1.54) is 42.6 Å². The minimum Gasteiger partial charge on any atom is -0.314 e. The van der Waals surface area contributed by atoms with Gasteiger partial charge in [0.1, 0.15) is 5.82 Å². The molecule has 2 fully saturated rings. The summed E-state index contributed by atoms with van der Waals surface area (Å²) in [6.45, 7) is 9.71. The third-order valence-corrected chi connectivity index (χ3v) is 5.44. The Morgan fingerprint density at radius 2 is 1.81 bits per heavy atom. The van der Waals surface area contributed by atoms with E-state index in [0.717, 1.165) is 30.6 Å². The Morgan fingerprint density at radius 3 is 2.33 bits per heavy atom. The summed E-state index contributed by atoms with van der Waals surface area (Å²) in [5, 5.41) is 3.48. The lowest BCUT2D eigenvalue weighted by Gasteiger charge is -2.22. The molecule has 1 N–H and O–H groups in total. The second-order valence-corrected chi connectivity index (χ2v) is 7.37. The van der Waals surface area contributed by atoms with Crippen LogP contribution in [0.25, 0.3) is 0 Å². The molecule has 2 aliphatic carbocycles. The van der Waals surface area contributed by atoms with Gasteiger partial charge in [0.05, 0.1) is 0 Å². The van der Waals surface area contributed by atoms with Crippen molar-refractivity contribution in [2.24, 2.45) is 11.8 Å². The highest BCUT2D eigenvalue weighted by atomic mass is 14.9. The molecule has 2 aliphatic rings. The van der Waals surface area contributed by atoms with Crippen LogP contribution < -0.4 is 5.32 Å². The van der Waals surface area contributed by atoms with Crippen LogP contribution in [0.4, 0.5) is 0 Å². The molecule has 1 heterocycles. The van der Waals surface area contributed by atoms with Gasteiger partial charge in [-0.1, -0.05) is 20.3 Å². The van der Waals surface area contributed by atoms with Crippen molar-refractivity contribution in [3.8, 4) is 0 Å². The molecule has 3 rings (SSSR count). The standard InChI is InChI=1S/C18H29N3/c1-11(2)19-8-7-16-12(3)20-18(21-13(16)4)17-10-14-5-6-15(17)9-14/h11,14-15,17,19H,5-10H2,1-4H3. The van der Waals surface area contributed by atoms with Crippen molar-refractivity contribution in [2.75, 3.05) is 6.54 Å². The van der Waals surface area contributed by atoms with Crippen LogP contribution in [0.3, 0.4) is 0 Å². The Hall–Kier alpha value is -0.960. The Bertz CT molecular complexity index is 486. The first kappa shape index (κ1) is 15.0. The molecule has 3 atom stereocenters. The van der Waals surface area contributed by atoms with Gasteiger partial charge in [0.25, 0.3) is 0 Å². The predicted molar refractivity (Wildman–Crippen MR) is 86.5 cm³/mol. The monoisotopic (exact) mass is 287 g/mol. The SMILES string of the molecule is Cc1nc(C2CC3CCC2C3)nc(C)c1CCNC(C)C. The smallest absolute Gasteiger partial charge is 0.132 e. The summed E-state index contributed by atoms with van der Waals surface area (Å²) in [5.74, 6) is 3.60. The highest BCUT2D eigenvalue weighted by Gasteiger charge is 2.41. The number of aryl methyl sites for hydroxylation is 2. The lowest BCUT2D eigenvalue weighted by atomic mass is 9.88. The molecule has 1 aromatic heterocycles. The van der Waals surface area contributed by atoms with Gasteiger partial charge in [-0.05, 0) is 63.5 Å². The van der Waals surface area contributed by atoms with Crippen LogP contribution in [0.5, 0.6) is 0 Å². The average Bonchev–Trinajstić information content (AvgIpc) is 3.03. The molecule has 1 aromatic rings. The number of hydrogen-bond donors (Lipinski definition) is 1. The molecule has 0 spiro atoms. The molecule has 2 saturated carbocycles. The molecule has 0 saturated heterocycles. The average molecular weight is 287 g/mol. The van der Waals surface area contributed by atoms with Crippen molar-refractivity contribution in [2.45, 2.75) is 71.8 Å². The van der Waals surface area contributed by atoms with Crippen LogP contribution >= 0.6 is 0 Å². The fourth-order valence-corrected chi connectivity index (χ4v) is 4.34. The summed E-state index contributed by atoms with van der Waals surface area (Å²) in [4.78, 5) is 9.79. The normalized spacial score (nSPS) is 27.8. The Kier molecular flexibility index (Phi) is 4.30. The van der Waals surface area contributed by atoms with Crippen LogP contribution in [-0.2, 0) is 6.42 Å². The van der Waals surface area contributed by atoms with E-state index in [9.17, 15) is 0 Å². The fourth-order valence-electron chi connectivity index (χ4n) is 4.34. The van der Waals surface area contributed by atoms with Crippen LogP contribution in [0.1, 0.15) is 68.2 Å². The van der Waals surface area contributed by atoms with Crippen LogP contribution in [0.2, 0.25) is 0 Å². The fraction of sp³-hybridized carbons (Fsp3) is 0.778. The van der Waals surface area contributed by atoms with Gasteiger partial charge in [0.15, 0.2) is 0 Å². The number of nitrogens with one attached hydrogen (secondary N) is 1. The maximum atomic E-state index is 4.89. The molecule has 3 unspecified atom stereocenters. The van der Waals surface area contributed by atoms with E-state index in [-0.39, 0.29) is 0 Å². The Morgan fingerprint density at radius 1 is 1.10 bits per heavy atom. The molecular formula is C18H29N3. The number of nitrogens with zero attached hydrogens (tertiary/aromatic N) is 2. The number of rotatable bonds is 5. The molecular weight excluding hydrogens is 258 g/mol. The van der Waals surface area contributed by atoms with Gasteiger partial charge in [-0.2, -0.15) is 0 Å². The molecule has 116 valence electrons. The highest BCUT2D eigenvalue weighted by molar-refractivity contribution is 5.26. The molecule has 0 aliphatic heterocycles. The zero-order chi connectivity index (χ0) is 15.0. The first-order valence-corrected chi connectivity index (χ1v) is 8.62. The van der Waals surface area contributed by atoms with E-state index in [1.807, 2.05) is 0 Å². The molecule has 2 bridgehead atoms. The quantitative estimate of drug-likeness (QED) is 0.900. The largest absolute Gasteiger partial charge is 0.314 e. The van der Waals surface area contributed by atoms with Crippen molar-refractivity contribution in [1.82, 2.24) is 15.3 Å². The number of aromatic nitrogens is 2. The van der Waals surface area contributed by atoms with Gasteiger partial charge in [0, 0.05) is 23.3 Å². The van der Waals surface area contributed by atoms with E-state index in [1.54, 1.807) is 0 Å². The van der Waals surface area contributed by atoms with Gasteiger partial charge in [-0.15, -0.1) is 0 Å². The maximum Gasteiger partial charge on any atom is 0.132 e. The predicted octanol–water partition coefficient (Wildman–Crippen LogP) is 3.54. The minimum absolute atomic E-state index is 0.542. The Balaban J connectivity index is 1.73. The first-order valence-electron chi connectivity index (χ1n) is 8.62. The van der Waals surface area contributed by atoms with Crippen LogP contribution in [-0.4, -0.2) is 22.6 Å². The van der Waals surface area contributed by atoms with E-state index < -0.39 is 0 Å². The van der Waals surface area contributed by atoms with E-state index >= 15 is 0 Å². The molecule has 3 heteroatoms. The van der Waals surface area contributed by atoms with Crippen molar-refractivity contribution in [1.29, 1.82) is 0 Å². The van der Waals surface area contributed by atoms with E-state index in [2.05, 4.69) is 33.0 Å². The van der Waals surface area contributed by atoms with Gasteiger partial charge in [-0.3, -0.25) is 0 Å². The molecule has 21 heavy (non-hydrogen) atoms. The second-order valence-electron chi connectivity index (χ2n) is 7.37. The third kappa shape index (κ3) is 3.13. The van der Waals surface area contributed by atoms with Crippen molar-refractivity contribution < 1.29 is 0 Å². The second kappa shape index (κ2) is 6.04. The van der Waals surface area contributed by atoms with E-state index in [4.69, 9.17) is 9.97 Å². The van der Waals surface area contributed by atoms with Crippen molar-refractivity contribution >= 4 is 0 Å². The number of fused-ring (bicyclic) bond motifs is 2. The molecule has 0 amide bonds. The summed E-state index contributed by atoms with van der Waals surface area (Å²) in [6.07, 6.45) is 6.63. The summed E-state index contributed by atoms with van der Waals surface area (Å²) in [7, 11) is 0. The van der Waals surface area contributed by atoms with Crippen molar-refractivity contribution in [3.05, 3.63) is 22.8 Å². The van der Waals surface area contributed by atoms with Gasteiger partial charge in [0.2, 0.25) is 0 Å². The summed E-state index contributed by atoms with van der Waals surface area (Å²) < 4.78 is 0. The highest BCUT2D eigenvalue weighted by Crippen LogP contribution is 2.52. The molecule has 3 nitrogen and oxygen atoms in total. The number of hydrogen-bond acceptors (Lipinski definition) is 3. The van der Waals surface area contributed by atoms with Gasteiger partial charge in [-0.25, -0.2) is 9.97 Å². The van der Waals surface area contributed by atoms with Crippen molar-refractivity contribution in [3.63, 3.8) is 0 Å². The van der Waals surface area contributed by atoms with Gasteiger partial charge >= 0.3 is 0 Å². The zero-order valence-electron chi connectivity index (χ0n) is 13.9. The summed E-state index contributed by atoms with van der Waals surface area (Å²) in [6, 6.07) is 0.542. The third-order valence-electron chi connectivity index (χ3n) is 5.44. The maximum absolute atomic E-state index is 4.89. The first-order chi connectivity index (χ1) is 10.0. The Labute approximate surface area is 129 Å². The van der Waals surface area contributed by atoms with E-state index in [0.29, 0.717) is 12.0 Å². The lowest BCUT2D eigenvalue weighted by Crippen LogP contribution is -2.26. The minimum atomic E-state index is 0.542. The zero-order valence-corrected chi connectivity index (χ0v) is 13.9. The lowest BCUT2D eigenvalue weighted by molar-refractivity contribution is 0.404. The molecule has 0 aromatic carbocycles. The van der Waals surface area contributed by atoms with Crippen LogP contribution in [0, 0.1) is 25.7 Å². The summed E-state index contributed by atoms with van der Waals surface area (Å²) >= 11 is 0.